The molecule has 1 atom stereocenters. The van der Waals surface area contributed by atoms with Crippen molar-refractivity contribution in [2.75, 3.05) is 18.9 Å². The highest BCUT2D eigenvalue weighted by molar-refractivity contribution is 5.36. The highest BCUT2D eigenvalue weighted by atomic mass is 15.2. The molecule has 2 aromatic heterocycles. The lowest BCUT2D eigenvalue weighted by Crippen LogP contribution is -2.24. The molecule has 0 aliphatic carbocycles. The van der Waals surface area contributed by atoms with Crippen LogP contribution in [0.15, 0.2) is 18.3 Å². The van der Waals surface area contributed by atoms with Gasteiger partial charge in [-0.15, -0.1) is 0 Å². The van der Waals surface area contributed by atoms with E-state index < -0.39 is 0 Å². The number of nitrogens with one attached hydrogen (secondary N) is 2. The quantitative estimate of drug-likeness (QED) is 0.889. The van der Waals surface area contributed by atoms with Crippen LogP contribution in [0.3, 0.4) is 0 Å². The van der Waals surface area contributed by atoms with Crippen molar-refractivity contribution >= 4 is 5.82 Å². The maximum absolute atomic E-state index is 4.62. The molecule has 2 aromatic rings. The molecule has 0 bridgehead atoms. The first kappa shape index (κ1) is 13.1. The topological polar surface area (TPSA) is 69.7 Å². The van der Waals surface area contributed by atoms with Gasteiger partial charge in [-0.1, -0.05) is 0 Å². The van der Waals surface area contributed by atoms with E-state index in [9.17, 15) is 0 Å². The van der Waals surface area contributed by atoms with E-state index in [4.69, 9.17) is 0 Å². The van der Waals surface area contributed by atoms with Gasteiger partial charge in [-0.25, -0.2) is 9.97 Å². The number of anilines is 1. The van der Waals surface area contributed by atoms with E-state index >= 15 is 0 Å². The number of nitrogens with zero attached hydrogens (tertiary/aromatic N) is 4. The Morgan fingerprint density at radius 1 is 1.45 bits per heavy atom. The van der Waals surface area contributed by atoms with Gasteiger partial charge < -0.3 is 5.32 Å². The number of rotatable bonds is 4. The highest BCUT2D eigenvalue weighted by Crippen LogP contribution is 2.32. The Hall–Kier alpha value is -1.95. The minimum absolute atomic E-state index is 0.368. The van der Waals surface area contributed by atoms with Gasteiger partial charge in [-0.3, -0.25) is 10.00 Å². The first-order valence-corrected chi connectivity index (χ1v) is 7.02. The Kier molecular flexibility index (Phi) is 3.64. The fraction of sp³-hybridized carbons (Fsp3) is 0.500. The van der Waals surface area contributed by atoms with Gasteiger partial charge in [0.1, 0.15) is 11.6 Å². The van der Waals surface area contributed by atoms with Crippen molar-refractivity contribution in [1.82, 2.24) is 25.1 Å². The largest absolute Gasteiger partial charge is 0.373 e. The van der Waals surface area contributed by atoms with Crippen LogP contribution in [0, 0.1) is 6.92 Å². The highest BCUT2D eigenvalue weighted by Gasteiger charge is 2.27. The molecule has 1 aliphatic rings. The first-order valence-electron chi connectivity index (χ1n) is 7.02. The second kappa shape index (κ2) is 5.58. The summed E-state index contributed by atoms with van der Waals surface area (Å²) in [6.45, 7) is 3.93. The van der Waals surface area contributed by atoms with Crippen molar-refractivity contribution in [2.45, 2.75) is 32.4 Å². The second-order valence-electron chi connectivity index (χ2n) is 5.19. The van der Waals surface area contributed by atoms with Crippen molar-refractivity contribution < 1.29 is 0 Å². The van der Waals surface area contributed by atoms with Gasteiger partial charge in [0, 0.05) is 31.5 Å². The molecule has 0 radical (unpaired) electrons. The summed E-state index contributed by atoms with van der Waals surface area (Å²) in [7, 11) is 1.89. The maximum atomic E-state index is 4.62. The predicted octanol–water partition coefficient (Wildman–Crippen LogP) is 1.89. The Balaban J connectivity index is 1.82. The summed E-state index contributed by atoms with van der Waals surface area (Å²) in [6, 6.07) is 4.45. The number of hydrogen-bond donors (Lipinski definition) is 2. The van der Waals surface area contributed by atoms with E-state index in [1.165, 1.54) is 6.42 Å². The molecular weight excluding hydrogens is 252 g/mol. The van der Waals surface area contributed by atoms with Crippen LogP contribution in [0.5, 0.6) is 0 Å². The molecule has 1 saturated heterocycles. The summed E-state index contributed by atoms with van der Waals surface area (Å²) in [4.78, 5) is 11.4. The van der Waals surface area contributed by atoms with Crippen LogP contribution < -0.4 is 5.32 Å². The summed E-state index contributed by atoms with van der Waals surface area (Å²) in [5.41, 5.74) is 2.26. The van der Waals surface area contributed by atoms with Gasteiger partial charge >= 0.3 is 0 Å². The number of hydrogen-bond acceptors (Lipinski definition) is 5. The van der Waals surface area contributed by atoms with Crippen molar-refractivity contribution in [1.29, 1.82) is 0 Å². The molecule has 20 heavy (non-hydrogen) atoms. The molecule has 1 fully saturated rings. The van der Waals surface area contributed by atoms with E-state index in [1.807, 2.05) is 20.0 Å². The van der Waals surface area contributed by atoms with E-state index in [1.54, 1.807) is 6.20 Å². The van der Waals surface area contributed by atoms with E-state index in [0.29, 0.717) is 6.04 Å². The van der Waals surface area contributed by atoms with Crippen LogP contribution in [-0.4, -0.2) is 38.7 Å². The lowest BCUT2D eigenvalue weighted by atomic mass is 10.1. The van der Waals surface area contributed by atoms with Gasteiger partial charge in [0.2, 0.25) is 0 Å². The van der Waals surface area contributed by atoms with Crippen LogP contribution in [-0.2, 0) is 6.54 Å². The summed E-state index contributed by atoms with van der Waals surface area (Å²) in [5.74, 6) is 1.71. The normalized spacial score (nSPS) is 19.4. The smallest absolute Gasteiger partial charge is 0.129 e. The van der Waals surface area contributed by atoms with Crippen molar-refractivity contribution in [2.24, 2.45) is 0 Å². The minimum Gasteiger partial charge on any atom is -0.373 e. The van der Waals surface area contributed by atoms with Gasteiger partial charge in [-0.05, 0) is 32.4 Å². The molecule has 1 aliphatic heterocycles. The third-order valence-electron chi connectivity index (χ3n) is 3.75. The van der Waals surface area contributed by atoms with Crippen LogP contribution in [0.4, 0.5) is 5.82 Å². The number of aromatic nitrogens is 4. The number of aryl methyl sites for hydroxylation is 1. The second-order valence-corrected chi connectivity index (χ2v) is 5.19. The van der Waals surface area contributed by atoms with Gasteiger partial charge in [0.25, 0.3) is 0 Å². The molecule has 6 heteroatoms. The Morgan fingerprint density at radius 3 is 3.10 bits per heavy atom. The number of likely N-dealkylation sites (tertiary alicyclic amines) is 1. The molecule has 106 valence electrons. The van der Waals surface area contributed by atoms with Crippen molar-refractivity contribution in [3.63, 3.8) is 0 Å². The van der Waals surface area contributed by atoms with Crippen LogP contribution in [0.25, 0.3) is 0 Å². The molecule has 0 aromatic carbocycles. The summed E-state index contributed by atoms with van der Waals surface area (Å²) in [5, 5.41) is 10.2. The zero-order valence-electron chi connectivity index (χ0n) is 11.9. The molecule has 0 amide bonds. The lowest BCUT2D eigenvalue weighted by molar-refractivity contribution is 0.241. The van der Waals surface area contributed by atoms with Gasteiger partial charge in [-0.2, -0.15) is 5.10 Å². The van der Waals surface area contributed by atoms with Gasteiger partial charge in [0.15, 0.2) is 0 Å². The fourth-order valence-corrected chi connectivity index (χ4v) is 2.83. The van der Waals surface area contributed by atoms with Crippen molar-refractivity contribution in [3.8, 4) is 0 Å². The third-order valence-corrected chi connectivity index (χ3v) is 3.75. The summed E-state index contributed by atoms with van der Waals surface area (Å²) >= 11 is 0. The average Bonchev–Trinajstić information content (AvgIpc) is 3.10. The number of aromatic amines is 1. The van der Waals surface area contributed by atoms with E-state index in [-0.39, 0.29) is 0 Å². The van der Waals surface area contributed by atoms with E-state index in [2.05, 4.69) is 36.4 Å². The van der Waals surface area contributed by atoms with Crippen LogP contribution in [0.2, 0.25) is 0 Å². The number of H-pyrrole nitrogens is 1. The zero-order valence-corrected chi connectivity index (χ0v) is 11.9. The van der Waals surface area contributed by atoms with E-state index in [0.717, 1.165) is 42.5 Å². The lowest BCUT2D eigenvalue weighted by Gasteiger charge is -2.23. The molecule has 2 N–H and O–H groups in total. The summed E-state index contributed by atoms with van der Waals surface area (Å²) in [6.07, 6.45) is 4.15. The molecule has 6 nitrogen and oxygen atoms in total. The first-order chi connectivity index (χ1) is 9.76. The molecule has 0 saturated carbocycles. The molecule has 0 spiro atoms. The Morgan fingerprint density at radius 2 is 2.35 bits per heavy atom. The standard InChI is InChI=1S/C14H20N6/c1-10-17-12(8-14(15-2)18-10)13-4-3-7-20(13)9-11-5-6-16-19-11/h5-6,8,13H,3-4,7,9H2,1-2H3,(H,16,19)(H,15,17,18). The maximum Gasteiger partial charge on any atom is 0.129 e. The molecular formula is C14H20N6. The van der Waals surface area contributed by atoms with Crippen LogP contribution in [0.1, 0.15) is 36.1 Å². The Bertz CT molecular complexity index is 565. The SMILES string of the molecule is CNc1cc(C2CCCN2Cc2ccn[nH]2)nc(C)n1. The molecule has 3 rings (SSSR count). The van der Waals surface area contributed by atoms with Crippen LogP contribution >= 0.6 is 0 Å². The zero-order chi connectivity index (χ0) is 13.9. The fourth-order valence-electron chi connectivity index (χ4n) is 2.83. The van der Waals surface area contributed by atoms with Gasteiger partial charge in [0.05, 0.1) is 11.7 Å². The third kappa shape index (κ3) is 2.65. The Labute approximate surface area is 118 Å². The molecule has 1 unspecified atom stereocenters. The monoisotopic (exact) mass is 272 g/mol. The average molecular weight is 272 g/mol. The minimum atomic E-state index is 0.368. The van der Waals surface area contributed by atoms with Crippen molar-refractivity contribution in [3.05, 3.63) is 35.5 Å². The predicted molar refractivity (Wildman–Crippen MR) is 77.3 cm³/mol. The summed E-state index contributed by atoms with van der Waals surface area (Å²) < 4.78 is 0. The molecule has 3 heterocycles.